The highest BCUT2D eigenvalue weighted by Crippen LogP contribution is 2.39. The zero-order valence-electron chi connectivity index (χ0n) is 14.9. The van der Waals surface area contributed by atoms with Crippen LogP contribution in [0.25, 0.3) is 33.0 Å². The van der Waals surface area contributed by atoms with Crippen LogP contribution in [0.3, 0.4) is 0 Å². The maximum absolute atomic E-state index is 5.55. The summed E-state index contributed by atoms with van der Waals surface area (Å²) < 4.78 is 16.3. The summed E-state index contributed by atoms with van der Waals surface area (Å²) in [6, 6.07) is 27.2. The second kappa shape index (κ2) is 6.36. The average Bonchev–Trinajstić information content (AvgIpc) is 3.21. The van der Waals surface area contributed by atoms with E-state index in [1.54, 1.807) is 7.11 Å². The van der Waals surface area contributed by atoms with Crippen LogP contribution < -0.4 is 14.2 Å². The topological polar surface area (TPSA) is 27.7 Å². The second-order valence-electron chi connectivity index (χ2n) is 6.54. The van der Waals surface area contributed by atoms with Gasteiger partial charge in [0.2, 0.25) is 6.79 Å². The molecular weight excluding hydrogens is 336 g/mol. The molecule has 5 rings (SSSR count). The molecule has 1 aliphatic rings. The average molecular weight is 354 g/mol. The van der Waals surface area contributed by atoms with E-state index in [1.807, 2.05) is 24.3 Å². The van der Waals surface area contributed by atoms with Gasteiger partial charge in [0.25, 0.3) is 0 Å². The van der Waals surface area contributed by atoms with Gasteiger partial charge in [-0.05, 0) is 69.4 Å². The van der Waals surface area contributed by atoms with E-state index in [1.165, 1.54) is 16.3 Å². The Kier molecular flexibility index (Phi) is 3.72. The number of fused-ring (bicyclic) bond motifs is 2. The van der Waals surface area contributed by atoms with Gasteiger partial charge in [-0.3, -0.25) is 0 Å². The van der Waals surface area contributed by atoms with E-state index in [-0.39, 0.29) is 6.79 Å². The summed E-state index contributed by atoms with van der Waals surface area (Å²) >= 11 is 0. The Balaban J connectivity index is 1.70. The number of methoxy groups -OCH3 is 1. The Morgan fingerprint density at radius 3 is 2.33 bits per heavy atom. The van der Waals surface area contributed by atoms with Gasteiger partial charge in [0, 0.05) is 0 Å². The summed E-state index contributed by atoms with van der Waals surface area (Å²) in [5.41, 5.74) is 4.62. The summed E-state index contributed by atoms with van der Waals surface area (Å²) in [7, 11) is 1.69. The molecule has 0 spiro atoms. The third-order valence-electron chi connectivity index (χ3n) is 4.97. The zero-order valence-corrected chi connectivity index (χ0v) is 14.9. The summed E-state index contributed by atoms with van der Waals surface area (Å²) in [6.45, 7) is 0.285. The fourth-order valence-corrected chi connectivity index (χ4v) is 3.56. The Morgan fingerprint density at radius 1 is 0.704 bits per heavy atom. The molecule has 0 unspecified atom stereocenters. The van der Waals surface area contributed by atoms with Crippen LogP contribution in [0, 0.1) is 0 Å². The first kappa shape index (κ1) is 15.8. The fourth-order valence-electron chi connectivity index (χ4n) is 3.56. The van der Waals surface area contributed by atoms with Gasteiger partial charge in [-0.2, -0.15) is 0 Å². The summed E-state index contributed by atoms with van der Waals surface area (Å²) in [6.07, 6.45) is 0. The predicted molar refractivity (Wildman–Crippen MR) is 107 cm³/mol. The van der Waals surface area contributed by atoms with E-state index in [0.29, 0.717) is 0 Å². The smallest absolute Gasteiger partial charge is 0.231 e. The van der Waals surface area contributed by atoms with Crippen LogP contribution in [0.1, 0.15) is 0 Å². The predicted octanol–water partition coefficient (Wildman–Crippen LogP) is 5.91. The number of hydrogen-bond acceptors (Lipinski definition) is 3. The van der Waals surface area contributed by atoms with Crippen molar-refractivity contribution >= 4 is 10.8 Å². The first-order valence-electron chi connectivity index (χ1n) is 8.89. The lowest BCUT2D eigenvalue weighted by atomic mass is 9.93. The van der Waals surface area contributed by atoms with E-state index >= 15 is 0 Å². The Hall–Kier alpha value is -3.46. The lowest BCUT2D eigenvalue weighted by Crippen LogP contribution is -1.92. The molecule has 4 aromatic carbocycles. The molecule has 3 heteroatoms. The maximum Gasteiger partial charge on any atom is 0.231 e. The minimum absolute atomic E-state index is 0.285. The van der Waals surface area contributed by atoms with Crippen molar-refractivity contribution in [2.45, 2.75) is 0 Å². The molecule has 132 valence electrons. The highest BCUT2D eigenvalue weighted by Gasteiger charge is 2.15. The SMILES string of the molecule is COc1ccc(-c2cc(-c3ccc4c(c3)OCO4)cc3ccccc23)cc1. The number of ether oxygens (including phenoxy) is 3. The third kappa shape index (κ3) is 2.77. The normalized spacial score (nSPS) is 12.3. The van der Waals surface area contributed by atoms with E-state index in [9.17, 15) is 0 Å². The molecule has 0 saturated carbocycles. The third-order valence-corrected chi connectivity index (χ3v) is 4.97. The van der Waals surface area contributed by atoms with Crippen molar-refractivity contribution < 1.29 is 14.2 Å². The first-order chi connectivity index (χ1) is 13.3. The Labute approximate surface area is 157 Å². The van der Waals surface area contributed by atoms with Gasteiger partial charge in [0.05, 0.1) is 7.11 Å². The van der Waals surface area contributed by atoms with Gasteiger partial charge in [-0.15, -0.1) is 0 Å². The summed E-state index contributed by atoms with van der Waals surface area (Å²) in [5.74, 6) is 2.46. The molecule has 0 amide bonds. The number of benzene rings is 4. The second-order valence-corrected chi connectivity index (χ2v) is 6.54. The van der Waals surface area contributed by atoms with Crippen LogP contribution in [-0.4, -0.2) is 13.9 Å². The minimum Gasteiger partial charge on any atom is -0.497 e. The van der Waals surface area contributed by atoms with Crippen LogP contribution in [0.4, 0.5) is 0 Å². The van der Waals surface area contributed by atoms with E-state index in [0.717, 1.165) is 33.9 Å². The van der Waals surface area contributed by atoms with Gasteiger partial charge >= 0.3 is 0 Å². The van der Waals surface area contributed by atoms with Gasteiger partial charge in [-0.25, -0.2) is 0 Å². The molecule has 0 fully saturated rings. The van der Waals surface area contributed by atoms with Crippen LogP contribution in [0.2, 0.25) is 0 Å². The minimum atomic E-state index is 0.285. The first-order valence-corrected chi connectivity index (χ1v) is 8.89. The molecule has 27 heavy (non-hydrogen) atoms. The van der Waals surface area contributed by atoms with Crippen molar-refractivity contribution in [3.05, 3.63) is 78.9 Å². The van der Waals surface area contributed by atoms with Crippen LogP contribution in [0.5, 0.6) is 17.2 Å². The van der Waals surface area contributed by atoms with Crippen molar-refractivity contribution in [2.75, 3.05) is 13.9 Å². The van der Waals surface area contributed by atoms with Crippen molar-refractivity contribution in [3.8, 4) is 39.5 Å². The van der Waals surface area contributed by atoms with E-state index in [2.05, 4.69) is 54.6 Å². The quantitative estimate of drug-likeness (QED) is 0.458. The fraction of sp³-hybridized carbons (Fsp3) is 0.0833. The van der Waals surface area contributed by atoms with Crippen molar-refractivity contribution in [1.82, 2.24) is 0 Å². The molecule has 0 radical (unpaired) electrons. The van der Waals surface area contributed by atoms with Crippen LogP contribution in [0.15, 0.2) is 78.9 Å². The lowest BCUT2D eigenvalue weighted by Gasteiger charge is -2.12. The van der Waals surface area contributed by atoms with Crippen LogP contribution in [-0.2, 0) is 0 Å². The van der Waals surface area contributed by atoms with Crippen molar-refractivity contribution in [3.63, 3.8) is 0 Å². The highest BCUT2D eigenvalue weighted by atomic mass is 16.7. The molecule has 1 aliphatic heterocycles. The van der Waals surface area contributed by atoms with E-state index in [4.69, 9.17) is 14.2 Å². The standard InChI is InChI=1S/C24H18O3/c1-25-20-9-6-16(7-10-20)22-13-19(12-18-4-2-3-5-21(18)22)17-8-11-23-24(14-17)27-15-26-23/h2-14H,15H2,1H3. The van der Waals surface area contributed by atoms with Crippen molar-refractivity contribution in [2.24, 2.45) is 0 Å². The molecule has 0 bridgehead atoms. The van der Waals surface area contributed by atoms with Crippen LogP contribution >= 0.6 is 0 Å². The molecule has 4 aromatic rings. The van der Waals surface area contributed by atoms with Crippen molar-refractivity contribution in [1.29, 1.82) is 0 Å². The molecule has 1 heterocycles. The summed E-state index contributed by atoms with van der Waals surface area (Å²) in [5, 5.41) is 2.44. The monoisotopic (exact) mass is 354 g/mol. The zero-order chi connectivity index (χ0) is 18.2. The number of rotatable bonds is 3. The highest BCUT2D eigenvalue weighted by molar-refractivity contribution is 6.00. The van der Waals surface area contributed by atoms with Gasteiger partial charge < -0.3 is 14.2 Å². The number of hydrogen-bond donors (Lipinski definition) is 0. The molecule has 0 aliphatic carbocycles. The molecule has 0 N–H and O–H groups in total. The molecule has 3 nitrogen and oxygen atoms in total. The van der Waals surface area contributed by atoms with E-state index < -0.39 is 0 Å². The van der Waals surface area contributed by atoms with Gasteiger partial charge in [0.15, 0.2) is 11.5 Å². The molecule has 0 aromatic heterocycles. The maximum atomic E-state index is 5.55. The lowest BCUT2D eigenvalue weighted by molar-refractivity contribution is 0.174. The molecule has 0 saturated heterocycles. The van der Waals surface area contributed by atoms with Gasteiger partial charge in [0.1, 0.15) is 5.75 Å². The Morgan fingerprint density at radius 2 is 1.48 bits per heavy atom. The summed E-state index contributed by atoms with van der Waals surface area (Å²) in [4.78, 5) is 0. The largest absolute Gasteiger partial charge is 0.497 e. The molecule has 0 atom stereocenters. The molecular formula is C24H18O3. The van der Waals surface area contributed by atoms with Gasteiger partial charge in [-0.1, -0.05) is 42.5 Å². The Bertz CT molecular complexity index is 1130.